The molecule has 0 unspecified atom stereocenters. The quantitative estimate of drug-likeness (QED) is 0.124. The third-order valence-electron chi connectivity index (χ3n) is 5.93. The van der Waals surface area contributed by atoms with Crippen LogP contribution in [-0.4, -0.2) is 35.0 Å². The fourth-order valence-corrected chi connectivity index (χ4v) is 4.26. The molecule has 37 heavy (non-hydrogen) atoms. The molecule has 2 aromatic carbocycles. The molecule has 3 aromatic rings. The predicted octanol–water partition coefficient (Wildman–Crippen LogP) is 3.46. The van der Waals surface area contributed by atoms with E-state index in [0.717, 1.165) is 57.4 Å². The molecule has 1 aromatic heterocycles. The molecule has 1 N–H and O–H groups in total. The molecule has 1 aliphatic carbocycles. The maximum Gasteiger partial charge on any atom is 0.291 e. The lowest BCUT2D eigenvalue weighted by atomic mass is 10.0. The van der Waals surface area contributed by atoms with E-state index >= 15 is 0 Å². The fraction of sp³-hybridized carbons (Fsp3) is 0.222. The number of anilines is 1. The van der Waals surface area contributed by atoms with Gasteiger partial charge in [0.15, 0.2) is 23.7 Å². The number of benzene rings is 3. The average molecular weight is 502 g/mol. The molecule has 10 nitrogen and oxygen atoms in total. The number of rotatable bonds is 6. The van der Waals surface area contributed by atoms with Crippen molar-refractivity contribution in [1.82, 2.24) is 4.98 Å². The summed E-state index contributed by atoms with van der Waals surface area (Å²) in [5.74, 6) is 0.694. The van der Waals surface area contributed by atoms with Gasteiger partial charge in [-0.2, -0.15) is 0 Å². The molecule has 0 fully saturated rings. The number of pyridine rings is 1. The Hall–Kier alpha value is -4.57. The highest BCUT2D eigenvalue weighted by Crippen LogP contribution is 2.31. The van der Waals surface area contributed by atoms with E-state index in [1.807, 2.05) is 53.4 Å². The summed E-state index contributed by atoms with van der Waals surface area (Å²) < 4.78 is 8.24. The first kappa shape index (κ1) is 25.5. The van der Waals surface area contributed by atoms with Gasteiger partial charge in [0.2, 0.25) is 0 Å². The molecule has 0 atom stereocenters. The molecule has 2 aliphatic rings. The van der Waals surface area contributed by atoms with E-state index in [1.54, 1.807) is 0 Å². The Balaban J connectivity index is 0.000000747. The first-order chi connectivity index (χ1) is 17.9. The van der Waals surface area contributed by atoms with E-state index in [0.29, 0.717) is 12.3 Å². The lowest BCUT2D eigenvalue weighted by Crippen LogP contribution is -2.37. The second-order valence-electron chi connectivity index (χ2n) is 8.18. The van der Waals surface area contributed by atoms with Gasteiger partial charge < -0.3 is 19.6 Å². The highest BCUT2D eigenvalue weighted by Gasteiger charge is 2.16. The van der Waals surface area contributed by atoms with Gasteiger partial charge in [-0.05, 0) is 32.0 Å². The second kappa shape index (κ2) is 11.4. The summed E-state index contributed by atoms with van der Waals surface area (Å²) in [5, 5.41) is 27.5. The van der Waals surface area contributed by atoms with Crippen LogP contribution in [0.3, 0.4) is 0 Å². The lowest BCUT2D eigenvalue weighted by Gasteiger charge is -2.21. The first-order valence-corrected chi connectivity index (χ1v) is 11.9. The molecule has 0 spiro atoms. The van der Waals surface area contributed by atoms with Gasteiger partial charge in [0.25, 0.3) is 5.09 Å². The SMILES string of the molecule is CCN(CC)c1ccc2nc3c4ccccc4c(=Nc4ccc[n+](CC[O-])c4)cc-3oc2c1.O=[N+]([O-])O. The largest absolute Gasteiger partial charge is 0.850 e. The number of fused-ring (bicyclic) bond motifs is 4. The summed E-state index contributed by atoms with van der Waals surface area (Å²) in [5.41, 5.74) is 4.31. The minimum Gasteiger partial charge on any atom is -0.850 e. The zero-order chi connectivity index (χ0) is 26.4. The number of aromatic nitrogens is 2. The third kappa shape index (κ3) is 5.81. The lowest BCUT2D eigenvalue weighted by molar-refractivity contribution is -0.742. The van der Waals surface area contributed by atoms with Crippen molar-refractivity contribution in [2.45, 2.75) is 20.4 Å². The van der Waals surface area contributed by atoms with Crippen LogP contribution >= 0.6 is 0 Å². The Kier molecular flexibility index (Phi) is 7.89. The summed E-state index contributed by atoms with van der Waals surface area (Å²) in [6.45, 7) is 6.41. The molecule has 0 saturated carbocycles. The van der Waals surface area contributed by atoms with Crippen LogP contribution in [0.1, 0.15) is 13.8 Å². The third-order valence-corrected chi connectivity index (χ3v) is 5.93. The minimum atomic E-state index is -1.50. The van der Waals surface area contributed by atoms with Crippen LogP contribution in [0, 0.1) is 10.1 Å². The standard InChI is InChI=1S/C27H26N4O2.HNO3/c1-3-31(4-2)20-11-12-23-25(16-20)33-26-17-24(21-9-5-6-10-22(21)27(26)29-23)28-19-8-7-13-30(18-19)14-15-32;2-1(3)4/h5-13,16-18H,3-4,14-15H2,1-2H3;(H,2,3,4). The van der Waals surface area contributed by atoms with Crippen molar-refractivity contribution in [2.24, 2.45) is 4.99 Å². The van der Waals surface area contributed by atoms with E-state index in [1.165, 1.54) is 0 Å². The van der Waals surface area contributed by atoms with Crippen LogP contribution in [-0.2, 0) is 6.54 Å². The first-order valence-electron chi connectivity index (χ1n) is 11.9. The van der Waals surface area contributed by atoms with Crippen LogP contribution < -0.4 is 19.9 Å². The van der Waals surface area contributed by atoms with Gasteiger partial charge in [0, 0.05) is 47.7 Å². The fourth-order valence-electron chi connectivity index (χ4n) is 4.26. The Morgan fingerprint density at radius 1 is 1.08 bits per heavy atom. The van der Waals surface area contributed by atoms with Crippen molar-refractivity contribution in [3.63, 3.8) is 0 Å². The summed E-state index contributed by atoms with van der Waals surface area (Å²) in [7, 11) is 0. The molecule has 5 rings (SSSR count). The maximum absolute atomic E-state index is 11.0. The van der Waals surface area contributed by atoms with Crippen molar-refractivity contribution in [2.75, 3.05) is 24.6 Å². The molecule has 0 bridgehead atoms. The highest BCUT2D eigenvalue weighted by atomic mass is 16.9. The number of nitrogens with zero attached hydrogens (tertiary/aromatic N) is 5. The summed E-state index contributed by atoms with van der Waals surface area (Å²) in [4.78, 5) is 20.5. The Morgan fingerprint density at radius 2 is 1.81 bits per heavy atom. The van der Waals surface area contributed by atoms with E-state index in [9.17, 15) is 5.11 Å². The van der Waals surface area contributed by atoms with E-state index in [4.69, 9.17) is 29.7 Å². The Labute approximate surface area is 212 Å². The van der Waals surface area contributed by atoms with E-state index < -0.39 is 5.09 Å². The average Bonchev–Trinajstić information content (AvgIpc) is 2.89. The molecule has 0 radical (unpaired) electrons. The molecular weight excluding hydrogens is 474 g/mol. The molecular formula is C27H27N5O5. The Morgan fingerprint density at radius 3 is 2.51 bits per heavy atom. The van der Waals surface area contributed by atoms with Crippen molar-refractivity contribution in [3.05, 3.63) is 88.5 Å². The molecule has 2 heterocycles. The molecule has 1 aliphatic heterocycles. The van der Waals surface area contributed by atoms with E-state index in [-0.39, 0.29) is 6.61 Å². The van der Waals surface area contributed by atoms with Crippen molar-refractivity contribution < 1.29 is 24.4 Å². The van der Waals surface area contributed by atoms with Crippen LogP contribution in [0.15, 0.2) is 82.5 Å². The van der Waals surface area contributed by atoms with Gasteiger partial charge in [-0.1, -0.05) is 30.9 Å². The van der Waals surface area contributed by atoms with Gasteiger partial charge in [0.05, 0.1) is 5.36 Å². The van der Waals surface area contributed by atoms with Crippen LogP contribution in [0.4, 0.5) is 11.4 Å². The number of hydrogen-bond acceptors (Lipinski definition) is 7. The molecule has 0 amide bonds. The minimum absolute atomic E-state index is 0.167. The second-order valence-corrected chi connectivity index (χ2v) is 8.18. The van der Waals surface area contributed by atoms with Gasteiger partial charge in [-0.25, -0.2) is 14.5 Å². The normalized spacial score (nSPS) is 11.5. The predicted molar refractivity (Wildman–Crippen MR) is 137 cm³/mol. The van der Waals surface area contributed by atoms with Crippen LogP contribution in [0.2, 0.25) is 0 Å². The van der Waals surface area contributed by atoms with Crippen molar-refractivity contribution in [1.29, 1.82) is 0 Å². The molecule has 0 saturated heterocycles. The van der Waals surface area contributed by atoms with Gasteiger partial charge >= 0.3 is 0 Å². The van der Waals surface area contributed by atoms with Gasteiger partial charge in [-0.3, -0.25) is 0 Å². The van der Waals surface area contributed by atoms with Crippen LogP contribution in [0.25, 0.3) is 33.3 Å². The maximum atomic E-state index is 11.0. The van der Waals surface area contributed by atoms with Crippen molar-refractivity contribution in [3.8, 4) is 11.5 Å². The van der Waals surface area contributed by atoms with Gasteiger partial charge in [0.1, 0.15) is 23.4 Å². The van der Waals surface area contributed by atoms with Crippen LogP contribution in [0.5, 0.6) is 0 Å². The Bertz CT molecular complexity index is 1580. The summed E-state index contributed by atoms with van der Waals surface area (Å²) >= 11 is 0. The number of hydrogen-bond donors (Lipinski definition) is 1. The van der Waals surface area contributed by atoms with E-state index in [2.05, 4.69) is 43.0 Å². The monoisotopic (exact) mass is 501 g/mol. The topological polar surface area (TPSA) is 132 Å². The summed E-state index contributed by atoms with van der Waals surface area (Å²) in [6, 6.07) is 20.1. The van der Waals surface area contributed by atoms with Gasteiger partial charge in [-0.15, -0.1) is 10.1 Å². The zero-order valence-electron chi connectivity index (χ0n) is 20.6. The highest BCUT2D eigenvalue weighted by molar-refractivity contribution is 5.96. The van der Waals surface area contributed by atoms with Crippen molar-refractivity contribution >= 4 is 33.2 Å². The smallest absolute Gasteiger partial charge is 0.291 e. The zero-order valence-corrected chi connectivity index (χ0v) is 20.6. The summed E-state index contributed by atoms with van der Waals surface area (Å²) in [6.07, 6.45) is 3.78. The molecule has 10 heteroatoms. The molecule has 190 valence electrons.